The third-order valence-corrected chi connectivity index (χ3v) is 2.76. The maximum Gasteiger partial charge on any atom is 0.166 e. The average Bonchev–Trinajstić information content (AvgIpc) is 2.71. The van der Waals surface area contributed by atoms with E-state index in [1.54, 1.807) is 12.1 Å². The van der Waals surface area contributed by atoms with Crippen LogP contribution in [0, 0.1) is 11.6 Å². The van der Waals surface area contributed by atoms with E-state index in [-0.39, 0.29) is 10.2 Å². The van der Waals surface area contributed by atoms with Gasteiger partial charge in [0.1, 0.15) is 11.6 Å². The molecule has 0 aliphatic rings. The number of hydrogen-bond donors (Lipinski definition) is 0. The van der Waals surface area contributed by atoms with Crippen molar-refractivity contribution in [3.8, 4) is 5.69 Å². The minimum atomic E-state index is -0.722. The molecule has 1 heterocycles. The van der Waals surface area contributed by atoms with Gasteiger partial charge in [0.05, 0.1) is 15.9 Å². The Morgan fingerprint density at radius 3 is 2.69 bits per heavy atom. The van der Waals surface area contributed by atoms with E-state index >= 15 is 0 Å². The molecule has 5 heteroatoms. The van der Waals surface area contributed by atoms with E-state index in [2.05, 4.69) is 15.9 Å². The van der Waals surface area contributed by atoms with Gasteiger partial charge in [0.25, 0.3) is 0 Å². The molecule has 0 atom stereocenters. The molecule has 2 nitrogen and oxygen atoms in total. The van der Waals surface area contributed by atoms with Crippen LogP contribution in [0.25, 0.3) is 5.69 Å². The highest BCUT2D eigenvalue weighted by Crippen LogP contribution is 2.23. The monoisotopic (exact) mass is 285 g/mol. The van der Waals surface area contributed by atoms with Gasteiger partial charge in [0.15, 0.2) is 6.29 Å². The number of rotatable bonds is 2. The van der Waals surface area contributed by atoms with E-state index in [9.17, 15) is 13.6 Å². The average molecular weight is 286 g/mol. The molecule has 0 bridgehead atoms. The predicted octanol–water partition coefficient (Wildman–Crippen LogP) is 3.33. The van der Waals surface area contributed by atoms with Crippen LogP contribution in [0.5, 0.6) is 0 Å². The molecule has 0 saturated heterocycles. The first-order chi connectivity index (χ1) is 7.63. The summed E-state index contributed by atoms with van der Waals surface area (Å²) < 4.78 is 28.0. The molecule has 0 N–H and O–H groups in total. The molecule has 0 amide bonds. The van der Waals surface area contributed by atoms with Crippen molar-refractivity contribution in [3.05, 3.63) is 52.3 Å². The van der Waals surface area contributed by atoms with Gasteiger partial charge in [-0.1, -0.05) is 0 Å². The Kier molecular flexibility index (Phi) is 2.87. The lowest BCUT2D eigenvalue weighted by atomic mass is 10.3. The Balaban J connectivity index is 2.64. The van der Waals surface area contributed by atoms with Crippen LogP contribution in [0.2, 0.25) is 0 Å². The number of aldehydes is 1. The maximum atomic E-state index is 13.5. The summed E-state index contributed by atoms with van der Waals surface area (Å²) in [5, 5.41) is 0. The lowest BCUT2D eigenvalue weighted by Crippen LogP contribution is -2.01. The van der Waals surface area contributed by atoms with Crippen molar-refractivity contribution in [1.29, 1.82) is 0 Å². The van der Waals surface area contributed by atoms with Crippen molar-refractivity contribution < 1.29 is 13.6 Å². The molecule has 0 aliphatic carbocycles. The summed E-state index contributed by atoms with van der Waals surface area (Å²) in [7, 11) is 0. The summed E-state index contributed by atoms with van der Waals surface area (Å²) in [5.74, 6) is -1.40. The molecule has 2 aromatic rings. The molecule has 0 radical (unpaired) electrons. The minimum Gasteiger partial charge on any atom is -0.311 e. The Hall–Kier alpha value is -1.49. The van der Waals surface area contributed by atoms with Gasteiger partial charge >= 0.3 is 0 Å². The molecular weight excluding hydrogens is 280 g/mol. The largest absolute Gasteiger partial charge is 0.311 e. The van der Waals surface area contributed by atoms with Crippen LogP contribution in [-0.2, 0) is 0 Å². The van der Waals surface area contributed by atoms with E-state index in [1.165, 1.54) is 16.8 Å². The Labute approximate surface area is 98.6 Å². The van der Waals surface area contributed by atoms with Gasteiger partial charge in [-0.3, -0.25) is 4.79 Å². The number of hydrogen-bond acceptors (Lipinski definition) is 1. The summed E-state index contributed by atoms with van der Waals surface area (Å²) in [6.45, 7) is 0. The lowest BCUT2D eigenvalue weighted by Gasteiger charge is -2.07. The second-order valence-electron chi connectivity index (χ2n) is 3.14. The van der Waals surface area contributed by atoms with Gasteiger partial charge in [-0.25, -0.2) is 8.78 Å². The van der Waals surface area contributed by atoms with Gasteiger partial charge in [-0.2, -0.15) is 0 Å². The summed E-state index contributed by atoms with van der Waals surface area (Å²) >= 11 is 2.97. The molecule has 82 valence electrons. The minimum absolute atomic E-state index is 0.125. The zero-order chi connectivity index (χ0) is 11.7. The van der Waals surface area contributed by atoms with Crippen LogP contribution in [0.1, 0.15) is 10.5 Å². The van der Waals surface area contributed by atoms with Crippen LogP contribution < -0.4 is 0 Å². The standard InChI is InChI=1S/C11H6BrF2NO/c12-8-4-11(10(14)5-9(8)13)15-3-1-2-7(15)6-16/h1-6H. The molecule has 1 aromatic carbocycles. The Bertz CT molecular complexity index is 551. The number of aromatic nitrogens is 1. The van der Waals surface area contributed by atoms with Crippen LogP contribution in [-0.4, -0.2) is 10.9 Å². The fourth-order valence-corrected chi connectivity index (χ4v) is 1.74. The van der Waals surface area contributed by atoms with Crippen molar-refractivity contribution in [1.82, 2.24) is 4.57 Å². The van der Waals surface area contributed by atoms with E-state index in [1.807, 2.05) is 0 Å². The number of carbonyl (C=O) groups is 1. The van der Waals surface area contributed by atoms with E-state index in [0.29, 0.717) is 12.0 Å². The summed E-state index contributed by atoms with van der Waals surface area (Å²) in [6.07, 6.45) is 2.14. The zero-order valence-corrected chi connectivity index (χ0v) is 9.54. The Morgan fingerprint density at radius 1 is 1.25 bits per heavy atom. The first-order valence-corrected chi connectivity index (χ1v) is 5.20. The Morgan fingerprint density at radius 2 is 2.00 bits per heavy atom. The predicted molar refractivity (Wildman–Crippen MR) is 58.8 cm³/mol. The highest BCUT2D eigenvalue weighted by Gasteiger charge is 2.11. The van der Waals surface area contributed by atoms with Crippen molar-refractivity contribution in [2.45, 2.75) is 0 Å². The smallest absolute Gasteiger partial charge is 0.166 e. The molecule has 0 spiro atoms. The molecule has 16 heavy (non-hydrogen) atoms. The van der Waals surface area contributed by atoms with E-state index in [4.69, 9.17) is 0 Å². The number of nitrogens with zero attached hydrogens (tertiary/aromatic N) is 1. The fraction of sp³-hybridized carbons (Fsp3) is 0. The molecule has 0 unspecified atom stereocenters. The molecule has 1 aromatic heterocycles. The highest BCUT2D eigenvalue weighted by molar-refractivity contribution is 9.10. The van der Waals surface area contributed by atoms with Crippen molar-refractivity contribution in [2.24, 2.45) is 0 Å². The maximum absolute atomic E-state index is 13.5. The number of halogens is 3. The highest BCUT2D eigenvalue weighted by atomic mass is 79.9. The van der Waals surface area contributed by atoms with E-state index < -0.39 is 11.6 Å². The molecular formula is C11H6BrF2NO. The quantitative estimate of drug-likeness (QED) is 0.613. The molecule has 2 rings (SSSR count). The zero-order valence-electron chi connectivity index (χ0n) is 7.95. The topological polar surface area (TPSA) is 22.0 Å². The summed E-state index contributed by atoms with van der Waals surface area (Å²) in [4.78, 5) is 10.7. The van der Waals surface area contributed by atoms with Gasteiger partial charge in [0.2, 0.25) is 0 Å². The van der Waals surface area contributed by atoms with Gasteiger partial charge < -0.3 is 4.57 Å². The first kappa shape index (κ1) is 11.0. The molecule has 0 aliphatic heterocycles. The summed E-state index contributed by atoms with van der Waals surface area (Å²) in [6, 6.07) is 5.22. The van der Waals surface area contributed by atoms with Crippen LogP contribution in [0.4, 0.5) is 8.78 Å². The van der Waals surface area contributed by atoms with Crippen LogP contribution >= 0.6 is 15.9 Å². The number of benzene rings is 1. The first-order valence-electron chi connectivity index (χ1n) is 4.41. The van der Waals surface area contributed by atoms with E-state index in [0.717, 1.165) is 6.07 Å². The second kappa shape index (κ2) is 4.17. The van der Waals surface area contributed by atoms with Crippen LogP contribution in [0.15, 0.2) is 34.9 Å². The molecule has 0 fully saturated rings. The van der Waals surface area contributed by atoms with Gasteiger partial charge in [-0.05, 0) is 34.1 Å². The van der Waals surface area contributed by atoms with Gasteiger partial charge in [-0.15, -0.1) is 0 Å². The van der Waals surface area contributed by atoms with Crippen LogP contribution in [0.3, 0.4) is 0 Å². The third-order valence-electron chi connectivity index (χ3n) is 2.15. The normalized spacial score (nSPS) is 10.4. The SMILES string of the molecule is O=Cc1cccn1-c1cc(Br)c(F)cc1F. The molecule has 0 saturated carbocycles. The summed E-state index contributed by atoms with van der Waals surface area (Å²) in [5.41, 5.74) is 0.429. The lowest BCUT2D eigenvalue weighted by molar-refractivity contribution is 0.111. The van der Waals surface area contributed by atoms with Gasteiger partial charge in [0, 0.05) is 12.3 Å². The van der Waals surface area contributed by atoms with Crippen molar-refractivity contribution in [3.63, 3.8) is 0 Å². The fourth-order valence-electron chi connectivity index (χ4n) is 1.41. The van der Waals surface area contributed by atoms with Crippen molar-refractivity contribution >= 4 is 22.2 Å². The van der Waals surface area contributed by atoms with Crippen molar-refractivity contribution in [2.75, 3.05) is 0 Å². The third kappa shape index (κ3) is 1.78. The number of carbonyl (C=O) groups excluding carboxylic acids is 1. The second-order valence-corrected chi connectivity index (χ2v) is 3.99.